The largest absolute Gasteiger partial charge is 0.372 e. The maximum Gasteiger partial charge on any atom is 0.0980 e. The first-order valence-electron chi connectivity index (χ1n) is 8.63. The molecule has 0 aliphatic carbocycles. The zero-order valence-corrected chi connectivity index (χ0v) is 12.7. The minimum atomic E-state index is 0.268. The molecule has 3 heterocycles. The minimum Gasteiger partial charge on any atom is -0.372 e. The summed E-state index contributed by atoms with van der Waals surface area (Å²) in [5, 5.41) is 7.27. The molecule has 4 rings (SSSR count). The Morgan fingerprint density at radius 1 is 1.00 bits per heavy atom. The maximum atomic E-state index is 6.10. The van der Waals surface area contributed by atoms with Crippen LogP contribution in [0.25, 0.3) is 0 Å². The molecular weight excluding hydrogens is 260 g/mol. The molecule has 2 fully saturated rings. The van der Waals surface area contributed by atoms with Crippen LogP contribution < -0.4 is 10.6 Å². The van der Waals surface area contributed by atoms with Crippen LogP contribution in [-0.2, 0) is 11.2 Å². The predicted molar refractivity (Wildman–Crippen MR) is 84.5 cm³/mol. The summed E-state index contributed by atoms with van der Waals surface area (Å²) in [5.41, 5.74) is 4.43. The van der Waals surface area contributed by atoms with Gasteiger partial charge in [-0.2, -0.15) is 0 Å². The lowest BCUT2D eigenvalue weighted by atomic mass is 9.88. The molecule has 3 aliphatic heterocycles. The van der Waals surface area contributed by atoms with E-state index >= 15 is 0 Å². The summed E-state index contributed by atoms with van der Waals surface area (Å²) in [4.78, 5) is 0. The molecule has 0 aromatic heterocycles. The van der Waals surface area contributed by atoms with Crippen molar-refractivity contribution in [2.75, 3.05) is 19.7 Å². The van der Waals surface area contributed by atoms with Gasteiger partial charge >= 0.3 is 0 Å². The highest BCUT2D eigenvalue weighted by Crippen LogP contribution is 2.35. The van der Waals surface area contributed by atoms with Gasteiger partial charge in [0.25, 0.3) is 0 Å². The van der Waals surface area contributed by atoms with Crippen molar-refractivity contribution in [1.29, 1.82) is 0 Å². The predicted octanol–water partition coefficient (Wildman–Crippen LogP) is 2.87. The van der Waals surface area contributed by atoms with Gasteiger partial charge in [-0.25, -0.2) is 0 Å². The van der Waals surface area contributed by atoms with Crippen LogP contribution in [-0.4, -0.2) is 25.7 Å². The van der Waals surface area contributed by atoms with Gasteiger partial charge in [-0.3, -0.25) is 0 Å². The number of ether oxygens (including phenoxy) is 1. The standard InChI is InChI=1S/C18H26N2O/c1-2-9-19-16(4-1)14-6-7-15-13(12-14)8-11-21-18(15)17-5-3-10-20-17/h6-7,12,16-20H,1-5,8-11H2/t16?,17?,18-/m1/s1. The van der Waals surface area contributed by atoms with E-state index in [1.807, 2.05) is 0 Å². The van der Waals surface area contributed by atoms with Gasteiger partial charge in [-0.1, -0.05) is 24.6 Å². The zero-order chi connectivity index (χ0) is 14.1. The topological polar surface area (TPSA) is 33.3 Å². The van der Waals surface area contributed by atoms with E-state index in [-0.39, 0.29) is 6.10 Å². The van der Waals surface area contributed by atoms with E-state index < -0.39 is 0 Å². The van der Waals surface area contributed by atoms with E-state index in [1.165, 1.54) is 55.3 Å². The van der Waals surface area contributed by atoms with E-state index in [2.05, 4.69) is 28.8 Å². The zero-order valence-electron chi connectivity index (χ0n) is 12.7. The lowest BCUT2D eigenvalue weighted by molar-refractivity contribution is 0.0199. The molecule has 2 unspecified atom stereocenters. The van der Waals surface area contributed by atoms with Gasteiger partial charge < -0.3 is 15.4 Å². The van der Waals surface area contributed by atoms with Crippen molar-refractivity contribution < 1.29 is 4.74 Å². The molecular formula is C18H26N2O. The molecule has 0 saturated carbocycles. The molecule has 3 aliphatic rings. The second-order valence-corrected chi connectivity index (χ2v) is 6.70. The van der Waals surface area contributed by atoms with Crippen LogP contribution in [0.2, 0.25) is 0 Å². The third-order valence-corrected chi connectivity index (χ3v) is 5.32. The molecule has 0 radical (unpaired) electrons. The summed E-state index contributed by atoms with van der Waals surface area (Å²) in [6, 6.07) is 8.20. The van der Waals surface area contributed by atoms with Crippen LogP contribution in [0.15, 0.2) is 18.2 Å². The quantitative estimate of drug-likeness (QED) is 0.877. The molecule has 1 aromatic carbocycles. The molecule has 1 aromatic rings. The van der Waals surface area contributed by atoms with E-state index in [0.29, 0.717) is 12.1 Å². The molecule has 3 atom stereocenters. The molecule has 2 saturated heterocycles. The third-order valence-electron chi connectivity index (χ3n) is 5.32. The van der Waals surface area contributed by atoms with Crippen molar-refractivity contribution in [3.8, 4) is 0 Å². The highest BCUT2D eigenvalue weighted by atomic mass is 16.5. The summed E-state index contributed by atoms with van der Waals surface area (Å²) >= 11 is 0. The Morgan fingerprint density at radius 3 is 2.76 bits per heavy atom. The Morgan fingerprint density at radius 2 is 1.95 bits per heavy atom. The van der Waals surface area contributed by atoms with Crippen molar-refractivity contribution in [1.82, 2.24) is 10.6 Å². The molecule has 3 nitrogen and oxygen atoms in total. The van der Waals surface area contributed by atoms with E-state index in [9.17, 15) is 0 Å². The Hall–Kier alpha value is -0.900. The fourth-order valence-corrected chi connectivity index (χ4v) is 4.16. The highest BCUT2D eigenvalue weighted by molar-refractivity contribution is 5.37. The van der Waals surface area contributed by atoms with Crippen molar-refractivity contribution in [2.45, 2.75) is 56.7 Å². The first kappa shape index (κ1) is 13.7. The molecule has 0 bridgehead atoms. The lowest BCUT2D eigenvalue weighted by Crippen LogP contribution is -2.34. The Balaban J connectivity index is 1.59. The first-order valence-corrected chi connectivity index (χ1v) is 8.63. The van der Waals surface area contributed by atoms with E-state index in [1.54, 1.807) is 0 Å². The van der Waals surface area contributed by atoms with Crippen LogP contribution in [0.5, 0.6) is 0 Å². The Labute approximate surface area is 127 Å². The SMILES string of the molecule is c1cc2c(cc1C1CCCCN1)CCO[C@H]2C1CCCN1. The average Bonchev–Trinajstić information content (AvgIpc) is 3.09. The maximum absolute atomic E-state index is 6.10. The number of rotatable bonds is 2. The molecule has 2 N–H and O–H groups in total. The molecule has 114 valence electrons. The van der Waals surface area contributed by atoms with Gasteiger partial charge in [-0.05, 0) is 61.9 Å². The summed E-state index contributed by atoms with van der Waals surface area (Å²) in [5.74, 6) is 0. The smallest absolute Gasteiger partial charge is 0.0980 e. The van der Waals surface area contributed by atoms with Crippen molar-refractivity contribution in [3.05, 3.63) is 34.9 Å². The first-order chi connectivity index (χ1) is 10.4. The molecule has 3 heteroatoms. The van der Waals surface area contributed by atoms with Gasteiger partial charge in [0, 0.05) is 12.1 Å². The number of hydrogen-bond donors (Lipinski definition) is 2. The van der Waals surface area contributed by atoms with Crippen molar-refractivity contribution in [3.63, 3.8) is 0 Å². The highest BCUT2D eigenvalue weighted by Gasteiger charge is 2.31. The van der Waals surface area contributed by atoms with Crippen LogP contribution in [0.3, 0.4) is 0 Å². The summed E-state index contributed by atoms with van der Waals surface area (Å²) < 4.78 is 6.10. The number of hydrogen-bond acceptors (Lipinski definition) is 3. The van der Waals surface area contributed by atoms with Gasteiger partial charge in [0.1, 0.15) is 0 Å². The van der Waals surface area contributed by atoms with Gasteiger partial charge in [0.15, 0.2) is 0 Å². The summed E-state index contributed by atoms with van der Waals surface area (Å²) in [7, 11) is 0. The molecule has 21 heavy (non-hydrogen) atoms. The van der Waals surface area contributed by atoms with Gasteiger partial charge in [-0.15, -0.1) is 0 Å². The minimum absolute atomic E-state index is 0.268. The van der Waals surface area contributed by atoms with Gasteiger partial charge in [0.2, 0.25) is 0 Å². The van der Waals surface area contributed by atoms with Crippen LogP contribution in [0.1, 0.15) is 60.9 Å². The van der Waals surface area contributed by atoms with E-state index in [4.69, 9.17) is 4.74 Å². The lowest BCUT2D eigenvalue weighted by Gasteiger charge is -2.32. The number of nitrogens with one attached hydrogen (secondary N) is 2. The van der Waals surface area contributed by atoms with Crippen LogP contribution in [0, 0.1) is 0 Å². The molecule has 0 amide bonds. The average molecular weight is 286 g/mol. The fraction of sp³-hybridized carbons (Fsp3) is 0.667. The third kappa shape index (κ3) is 2.75. The second kappa shape index (κ2) is 6.07. The number of fused-ring (bicyclic) bond motifs is 1. The number of piperidine rings is 1. The fourth-order valence-electron chi connectivity index (χ4n) is 4.16. The molecule has 0 spiro atoms. The monoisotopic (exact) mass is 286 g/mol. The normalized spacial score (nSPS) is 32.9. The van der Waals surface area contributed by atoms with Crippen molar-refractivity contribution >= 4 is 0 Å². The Kier molecular flexibility index (Phi) is 3.97. The van der Waals surface area contributed by atoms with Crippen LogP contribution >= 0.6 is 0 Å². The number of benzene rings is 1. The Bertz CT molecular complexity index is 490. The van der Waals surface area contributed by atoms with E-state index in [0.717, 1.165) is 19.6 Å². The second-order valence-electron chi connectivity index (χ2n) is 6.70. The van der Waals surface area contributed by atoms with Crippen LogP contribution in [0.4, 0.5) is 0 Å². The van der Waals surface area contributed by atoms with Crippen molar-refractivity contribution in [2.24, 2.45) is 0 Å². The summed E-state index contributed by atoms with van der Waals surface area (Å²) in [6.07, 6.45) is 7.82. The summed E-state index contributed by atoms with van der Waals surface area (Å²) in [6.45, 7) is 3.18. The van der Waals surface area contributed by atoms with Gasteiger partial charge in [0.05, 0.1) is 12.7 Å².